The van der Waals surface area contributed by atoms with E-state index in [1.165, 1.54) is 16.9 Å². The smallest absolute Gasteiger partial charge is 0.277 e. The molecule has 0 amide bonds. The third-order valence-electron chi connectivity index (χ3n) is 2.68. The topological polar surface area (TPSA) is 77.8 Å². The van der Waals surface area contributed by atoms with Crippen LogP contribution in [0, 0.1) is 6.92 Å². The van der Waals surface area contributed by atoms with Gasteiger partial charge in [0.1, 0.15) is 10.7 Å². The molecule has 0 bridgehead atoms. The Labute approximate surface area is 114 Å². The first-order valence-corrected chi connectivity index (χ1v) is 6.70. The molecule has 0 aliphatic heterocycles. The summed E-state index contributed by atoms with van der Waals surface area (Å²) in [6.45, 7) is 2.46. The zero-order chi connectivity index (χ0) is 13.2. The molecule has 1 aromatic carbocycles. The fraction of sp³-hybridized carbons (Fsp3) is 0.154. The van der Waals surface area contributed by atoms with Crippen LogP contribution in [0.25, 0.3) is 23.0 Å². The maximum Gasteiger partial charge on any atom is 0.277 e. The predicted molar refractivity (Wildman–Crippen MR) is 73.5 cm³/mol. The molecule has 96 valence electrons. The molecule has 0 radical (unpaired) electrons. The maximum absolute atomic E-state index is 5.53. The Balaban J connectivity index is 1.92. The summed E-state index contributed by atoms with van der Waals surface area (Å²) in [7, 11) is 0. The quantitative estimate of drug-likeness (QED) is 0.793. The Morgan fingerprint density at radius 1 is 1.21 bits per heavy atom. The highest BCUT2D eigenvalue weighted by atomic mass is 32.1. The average Bonchev–Trinajstić information content (AvgIpc) is 3.08. The third-order valence-corrected chi connectivity index (χ3v) is 3.55. The fourth-order valence-electron chi connectivity index (χ4n) is 1.65. The van der Waals surface area contributed by atoms with Gasteiger partial charge in [-0.15, -0.1) is 11.3 Å². The van der Waals surface area contributed by atoms with Gasteiger partial charge in [0.25, 0.3) is 5.89 Å². The van der Waals surface area contributed by atoms with E-state index in [-0.39, 0.29) is 0 Å². The summed E-state index contributed by atoms with van der Waals surface area (Å²) in [5, 5.41) is 6.70. The highest BCUT2D eigenvalue weighted by Crippen LogP contribution is 2.23. The molecular weight excluding hydrogens is 260 g/mol. The Kier molecular flexibility index (Phi) is 3.10. The van der Waals surface area contributed by atoms with Crippen molar-refractivity contribution in [2.45, 2.75) is 13.5 Å². The Bertz CT molecular complexity index is 687. The van der Waals surface area contributed by atoms with Gasteiger partial charge in [0.05, 0.1) is 0 Å². The molecule has 2 N–H and O–H groups in total. The van der Waals surface area contributed by atoms with E-state index in [1.54, 1.807) is 0 Å². The van der Waals surface area contributed by atoms with Crippen molar-refractivity contribution in [3.05, 3.63) is 40.2 Å². The molecule has 2 heterocycles. The first kappa shape index (κ1) is 12.0. The van der Waals surface area contributed by atoms with Gasteiger partial charge in [-0.1, -0.05) is 35.0 Å². The van der Waals surface area contributed by atoms with Crippen molar-refractivity contribution in [2.24, 2.45) is 5.73 Å². The van der Waals surface area contributed by atoms with Crippen molar-refractivity contribution in [1.82, 2.24) is 15.1 Å². The van der Waals surface area contributed by atoms with Gasteiger partial charge in [0, 0.05) is 17.5 Å². The lowest BCUT2D eigenvalue weighted by molar-refractivity contribution is 0.431. The van der Waals surface area contributed by atoms with Crippen LogP contribution in [0.2, 0.25) is 0 Å². The van der Waals surface area contributed by atoms with Gasteiger partial charge in [0.2, 0.25) is 5.82 Å². The second-order valence-electron chi connectivity index (χ2n) is 4.12. The van der Waals surface area contributed by atoms with E-state index in [1.807, 2.05) is 36.6 Å². The Hall–Kier alpha value is -2.05. The zero-order valence-electron chi connectivity index (χ0n) is 10.3. The molecule has 2 aromatic heterocycles. The monoisotopic (exact) mass is 272 g/mol. The van der Waals surface area contributed by atoms with Gasteiger partial charge in [-0.05, 0) is 6.92 Å². The summed E-state index contributed by atoms with van der Waals surface area (Å²) < 4.78 is 5.24. The number of aromatic nitrogens is 3. The number of aryl methyl sites for hydroxylation is 1. The molecule has 3 aromatic rings. The normalized spacial score (nSPS) is 10.8. The molecule has 0 spiro atoms. The van der Waals surface area contributed by atoms with Crippen molar-refractivity contribution < 1.29 is 4.52 Å². The van der Waals surface area contributed by atoms with Crippen LogP contribution >= 0.6 is 11.3 Å². The summed E-state index contributed by atoms with van der Waals surface area (Å²) in [6, 6.07) is 7.97. The highest BCUT2D eigenvalue weighted by molar-refractivity contribution is 7.09. The number of rotatable bonds is 3. The van der Waals surface area contributed by atoms with E-state index in [4.69, 9.17) is 10.3 Å². The number of nitrogens with zero attached hydrogens (tertiary/aromatic N) is 3. The maximum atomic E-state index is 5.53. The molecular formula is C13H12N4OS. The summed E-state index contributed by atoms with van der Waals surface area (Å²) >= 11 is 1.49. The fourth-order valence-corrected chi connectivity index (χ4v) is 2.30. The van der Waals surface area contributed by atoms with E-state index in [9.17, 15) is 0 Å². The average molecular weight is 272 g/mol. The van der Waals surface area contributed by atoms with Gasteiger partial charge in [-0.2, -0.15) is 4.98 Å². The van der Waals surface area contributed by atoms with E-state index in [0.29, 0.717) is 24.0 Å². The molecule has 5 nitrogen and oxygen atoms in total. The summed E-state index contributed by atoms with van der Waals surface area (Å²) in [5.74, 6) is 0.990. The highest BCUT2D eigenvalue weighted by Gasteiger charge is 2.13. The molecule has 0 aliphatic carbocycles. The van der Waals surface area contributed by atoms with E-state index in [0.717, 1.165) is 10.6 Å². The summed E-state index contributed by atoms with van der Waals surface area (Å²) in [4.78, 5) is 8.67. The number of hydrogen-bond acceptors (Lipinski definition) is 6. The lowest BCUT2D eigenvalue weighted by atomic mass is 10.1. The van der Waals surface area contributed by atoms with Crippen molar-refractivity contribution in [1.29, 1.82) is 0 Å². The first-order chi connectivity index (χ1) is 9.26. The van der Waals surface area contributed by atoms with Crippen molar-refractivity contribution in [2.75, 3.05) is 0 Å². The lowest BCUT2D eigenvalue weighted by Gasteiger charge is -1.94. The number of hydrogen-bond donors (Lipinski definition) is 1. The number of nitrogens with two attached hydrogens (primary N) is 1. The molecule has 19 heavy (non-hydrogen) atoms. The van der Waals surface area contributed by atoms with Crippen LogP contribution in [-0.4, -0.2) is 15.1 Å². The minimum atomic E-state index is 0.420. The zero-order valence-corrected chi connectivity index (χ0v) is 11.1. The second kappa shape index (κ2) is 4.91. The van der Waals surface area contributed by atoms with Crippen LogP contribution in [-0.2, 0) is 6.54 Å². The molecule has 0 atom stereocenters. The first-order valence-electron chi connectivity index (χ1n) is 5.82. The second-order valence-corrected chi connectivity index (χ2v) is 5.06. The van der Waals surface area contributed by atoms with Crippen molar-refractivity contribution in [3.63, 3.8) is 0 Å². The van der Waals surface area contributed by atoms with Crippen LogP contribution in [0.3, 0.4) is 0 Å². The largest absolute Gasteiger partial charge is 0.332 e. The van der Waals surface area contributed by atoms with Crippen LogP contribution in [0.15, 0.2) is 34.2 Å². The SMILES string of the molecule is Cc1ccc(-c2noc(-c3csc(CN)n3)n2)cc1. The molecule has 6 heteroatoms. The van der Waals surface area contributed by atoms with Crippen LogP contribution < -0.4 is 5.73 Å². The molecule has 0 unspecified atom stereocenters. The minimum Gasteiger partial charge on any atom is -0.332 e. The van der Waals surface area contributed by atoms with Gasteiger partial charge in [-0.3, -0.25) is 0 Å². The van der Waals surface area contributed by atoms with Crippen LogP contribution in [0.4, 0.5) is 0 Å². The number of benzene rings is 1. The van der Waals surface area contributed by atoms with Crippen molar-refractivity contribution >= 4 is 11.3 Å². The Morgan fingerprint density at radius 2 is 2.00 bits per heavy atom. The predicted octanol–water partition coefficient (Wildman–Crippen LogP) is 2.63. The van der Waals surface area contributed by atoms with Gasteiger partial charge < -0.3 is 10.3 Å². The minimum absolute atomic E-state index is 0.420. The summed E-state index contributed by atoms with van der Waals surface area (Å²) in [6.07, 6.45) is 0. The van der Waals surface area contributed by atoms with Crippen LogP contribution in [0.1, 0.15) is 10.6 Å². The van der Waals surface area contributed by atoms with Crippen molar-refractivity contribution in [3.8, 4) is 23.0 Å². The molecule has 0 saturated carbocycles. The van der Waals surface area contributed by atoms with Crippen LogP contribution in [0.5, 0.6) is 0 Å². The summed E-state index contributed by atoms with van der Waals surface area (Å²) in [5.41, 5.74) is 8.33. The van der Waals surface area contributed by atoms with Gasteiger partial charge in [0.15, 0.2) is 0 Å². The lowest BCUT2D eigenvalue weighted by Crippen LogP contribution is -1.94. The van der Waals surface area contributed by atoms with E-state index in [2.05, 4.69) is 15.1 Å². The molecule has 3 rings (SSSR count). The van der Waals surface area contributed by atoms with Gasteiger partial charge in [-0.25, -0.2) is 4.98 Å². The molecule has 0 saturated heterocycles. The van der Waals surface area contributed by atoms with E-state index < -0.39 is 0 Å². The molecule has 0 fully saturated rings. The standard InChI is InChI=1S/C13H12N4OS/c1-8-2-4-9(5-3-8)12-16-13(18-17-12)10-7-19-11(6-14)15-10/h2-5,7H,6,14H2,1H3. The Morgan fingerprint density at radius 3 is 2.68 bits per heavy atom. The third kappa shape index (κ3) is 2.40. The van der Waals surface area contributed by atoms with Gasteiger partial charge >= 0.3 is 0 Å². The number of thiazole rings is 1. The van der Waals surface area contributed by atoms with E-state index >= 15 is 0 Å². The molecule has 0 aliphatic rings.